The molecule has 1 fully saturated rings. The molecule has 6 nitrogen and oxygen atoms in total. The lowest BCUT2D eigenvalue weighted by Gasteiger charge is -2.27. The van der Waals surface area contributed by atoms with E-state index in [-0.39, 0.29) is 23.3 Å². The highest BCUT2D eigenvalue weighted by atomic mass is 16.5. The Labute approximate surface area is 205 Å². The van der Waals surface area contributed by atoms with E-state index in [0.29, 0.717) is 11.3 Å². The zero-order valence-electron chi connectivity index (χ0n) is 20.7. The number of pyridine rings is 1. The van der Waals surface area contributed by atoms with Crippen LogP contribution in [0.5, 0.6) is 5.75 Å². The Morgan fingerprint density at radius 1 is 1.09 bits per heavy atom. The van der Waals surface area contributed by atoms with Gasteiger partial charge < -0.3 is 14.7 Å². The maximum atomic E-state index is 13.4. The number of carbonyl (C=O) groups excluding carboxylic acids is 2. The van der Waals surface area contributed by atoms with E-state index in [9.17, 15) is 14.7 Å². The van der Waals surface area contributed by atoms with Crippen LogP contribution in [0.2, 0.25) is 0 Å². The van der Waals surface area contributed by atoms with Crippen molar-refractivity contribution in [3.63, 3.8) is 0 Å². The van der Waals surface area contributed by atoms with Crippen LogP contribution in [0.15, 0.2) is 72.6 Å². The molecule has 0 radical (unpaired) electrons. The molecule has 0 saturated carbocycles. The van der Waals surface area contributed by atoms with Crippen LogP contribution in [0.3, 0.4) is 0 Å². The normalized spacial score (nSPS) is 17.6. The summed E-state index contributed by atoms with van der Waals surface area (Å²) >= 11 is 0. The first-order valence-corrected chi connectivity index (χ1v) is 11.5. The zero-order chi connectivity index (χ0) is 25.3. The fourth-order valence-electron chi connectivity index (χ4n) is 4.45. The molecule has 1 aliphatic rings. The molecule has 1 unspecified atom stereocenters. The van der Waals surface area contributed by atoms with Gasteiger partial charge in [-0.05, 0) is 52.8 Å². The zero-order valence-corrected chi connectivity index (χ0v) is 20.7. The van der Waals surface area contributed by atoms with Gasteiger partial charge in [-0.25, -0.2) is 0 Å². The van der Waals surface area contributed by atoms with Gasteiger partial charge in [-0.2, -0.15) is 0 Å². The van der Waals surface area contributed by atoms with E-state index >= 15 is 0 Å². The van der Waals surface area contributed by atoms with Gasteiger partial charge in [-0.15, -0.1) is 0 Å². The van der Waals surface area contributed by atoms with Crippen molar-refractivity contribution in [2.45, 2.75) is 45.7 Å². The SMILES string of the molecule is COc1ccc(C(C)(C)C)cc1/C(O)=C1\C(=O)C(=O)N(Cc2cccnc2)C1c1ccccc1C. The fraction of sp³-hybridized carbons (Fsp3) is 0.276. The lowest BCUT2D eigenvalue weighted by molar-refractivity contribution is -0.140. The van der Waals surface area contributed by atoms with Crippen molar-refractivity contribution in [1.82, 2.24) is 9.88 Å². The third kappa shape index (κ3) is 4.56. The van der Waals surface area contributed by atoms with Crippen LogP contribution in [-0.4, -0.2) is 33.8 Å². The van der Waals surface area contributed by atoms with E-state index in [1.165, 1.54) is 12.0 Å². The monoisotopic (exact) mass is 470 g/mol. The first-order valence-electron chi connectivity index (χ1n) is 11.5. The summed E-state index contributed by atoms with van der Waals surface area (Å²) in [4.78, 5) is 32.4. The van der Waals surface area contributed by atoms with Crippen LogP contribution in [-0.2, 0) is 21.5 Å². The number of methoxy groups -OCH3 is 1. The minimum atomic E-state index is -0.751. The van der Waals surface area contributed by atoms with Crippen LogP contribution in [0, 0.1) is 6.92 Å². The molecule has 4 rings (SSSR count). The fourth-order valence-corrected chi connectivity index (χ4v) is 4.45. The van der Waals surface area contributed by atoms with Crippen LogP contribution in [0.4, 0.5) is 0 Å². The van der Waals surface area contributed by atoms with Gasteiger partial charge in [0.1, 0.15) is 11.5 Å². The van der Waals surface area contributed by atoms with Gasteiger partial charge in [-0.3, -0.25) is 14.6 Å². The molecule has 3 aromatic rings. The average molecular weight is 471 g/mol. The number of aromatic nitrogens is 1. The largest absolute Gasteiger partial charge is 0.507 e. The van der Waals surface area contributed by atoms with E-state index in [1.54, 1.807) is 24.5 Å². The molecular formula is C29H30N2O4. The summed E-state index contributed by atoms with van der Waals surface area (Å²) in [6.07, 6.45) is 3.33. The molecule has 180 valence electrons. The number of Topliss-reactive ketones (excluding diaryl/α,β-unsaturated/α-hetero) is 1. The number of hydrogen-bond donors (Lipinski definition) is 1. The number of hydrogen-bond acceptors (Lipinski definition) is 5. The van der Waals surface area contributed by atoms with Crippen molar-refractivity contribution >= 4 is 17.4 Å². The van der Waals surface area contributed by atoms with Crippen molar-refractivity contribution in [3.8, 4) is 5.75 Å². The second-order valence-electron chi connectivity index (χ2n) is 9.81. The summed E-state index contributed by atoms with van der Waals surface area (Å²) in [5, 5.41) is 11.6. The minimum Gasteiger partial charge on any atom is -0.507 e. The molecule has 1 saturated heterocycles. The lowest BCUT2D eigenvalue weighted by atomic mass is 9.85. The molecule has 1 N–H and O–H groups in total. The smallest absolute Gasteiger partial charge is 0.295 e. The number of ketones is 1. The van der Waals surface area contributed by atoms with Crippen molar-refractivity contribution in [2.75, 3.05) is 7.11 Å². The van der Waals surface area contributed by atoms with E-state index in [4.69, 9.17) is 4.74 Å². The number of likely N-dealkylation sites (tertiary alicyclic amines) is 1. The first-order chi connectivity index (χ1) is 16.6. The molecule has 0 bridgehead atoms. The number of rotatable bonds is 5. The van der Waals surface area contributed by atoms with Crippen LogP contribution in [0.25, 0.3) is 5.76 Å². The molecule has 2 heterocycles. The van der Waals surface area contributed by atoms with Crippen molar-refractivity contribution < 1.29 is 19.4 Å². The van der Waals surface area contributed by atoms with Crippen LogP contribution < -0.4 is 4.74 Å². The van der Waals surface area contributed by atoms with E-state index in [0.717, 1.165) is 22.3 Å². The topological polar surface area (TPSA) is 79.7 Å². The van der Waals surface area contributed by atoms with E-state index in [1.807, 2.05) is 49.4 Å². The van der Waals surface area contributed by atoms with Crippen molar-refractivity contribution in [2.24, 2.45) is 0 Å². The maximum absolute atomic E-state index is 13.4. The Morgan fingerprint density at radius 3 is 2.46 bits per heavy atom. The predicted octanol–water partition coefficient (Wildman–Crippen LogP) is 5.32. The number of aliphatic hydroxyl groups excluding tert-OH is 1. The summed E-state index contributed by atoms with van der Waals surface area (Å²) in [5.41, 5.74) is 3.70. The Balaban J connectivity index is 1.95. The van der Waals surface area contributed by atoms with Gasteiger partial charge in [0.05, 0.1) is 24.3 Å². The molecule has 1 amide bonds. The van der Waals surface area contributed by atoms with Gasteiger partial charge in [0, 0.05) is 18.9 Å². The predicted molar refractivity (Wildman–Crippen MR) is 135 cm³/mol. The number of aliphatic hydroxyl groups is 1. The van der Waals surface area contributed by atoms with E-state index in [2.05, 4.69) is 25.8 Å². The number of amides is 1. The number of ether oxygens (including phenoxy) is 1. The van der Waals surface area contributed by atoms with Gasteiger partial charge in [0.15, 0.2) is 0 Å². The van der Waals surface area contributed by atoms with Crippen LogP contribution >= 0.6 is 0 Å². The third-order valence-corrected chi connectivity index (χ3v) is 6.42. The Bertz CT molecular complexity index is 1310. The number of benzene rings is 2. The van der Waals surface area contributed by atoms with Gasteiger partial charge >= 0.3 is 0 Å². The molecule has 1 atom stereocenters. The molecule has 2 aromatic carbocycles. The minimum absolute atomic E-state index is 0.0533. The molecule has 0 spiro atoms. The van der Waals surface area contributed by atoms with Crippen molar-refractivity contribution in [1.29, 1.82) is 0 Å². The molecule has 0 aliphatic carbocycles. The summed E-state index contributed by atoms with van der Waals surface area (Å²) < 4.78 is 5.53. The Morgan fingerprint density at radius 2 is 1.83 bits per heavy atom. The number of nitrogens with zero attached hydrogens (tertiary/aromatic N) is 2. The molecule has 6 heteroatoms. The summed E-state index contributed by atoms with van der Waals surface area (Å²) in [7, 11) is 1.52. The first kappa shape index (κ1) is 24.2. The molecule has 1 aromatic heterocycles. The van der Waals surface area contributed by atoms with Crippen LogP contribution in [0.1, 0.15) is 54.6 Å². The molecule has 1 aliphatic heterocycles. The van der Waals surface area contributed by atoms with Gasteiger partial charge in [-0.1, -0.05) is 57.2 Å². The standard InChI is InChI=1S/C29H30N2O4/c1-18-9-6-7-11-21(18)25-24(27(33)28(34)31(25)17-19-10-8-14-30-16-19)26(32)22-15-20(29(2,3)4)12-13-23(22)35-5/h6-16,25,32H,17H2,1-5H3/b26-24+. The Kier molecular flexibility index (Phi) is 6.48. The lowest BCUT2D eigenvalue weighted by Crippen LogP contribution is -2.29. The van der Waals surface area contributed by atoms with Gasteiger partial charge in [0.2, 0.25) is 0 Å². The molecule has 35 heavy (non-hydrogen) atoms. The number of aryl methyl sites for hydroxylation is 1. The molecular weight excluding hydrogens is 440 g/mol. The highest BCUT2D eigenvalue weighted by Gasteiger charge is 2.46. The Hall–Kier alpha value is -3.93. The third-order valence-electron chi connectivity index (χ3n) is 6.42. The summed E-state index contributed by atoms with van der Waals surface area (Å²) in [6.45, 7) is 8.32. The summed E-state index contributed by atoms with van der Waals surface area (Å²) in [5.74, 6) is -1.19. The van der Waals surface area contributed by atoms with Gasteiger partial charge in [0.25, 0.3) is 11.7 Å². The highest BCUT2D eigenvalue weighted by Crippen LogP contribution is 2.43. The highest BCUT2D eigenvalue weighted by molar-refractivity contribution is 6.46. The van der Waals surface area contributed by atoms with Crippen molar-refractivity contribution in [3.05, 3.63) is 100 Å². The average Bonchev–Trinajstić information content (AvgIpc) is 3.08. The quantitative estimate of drug-likeness (QED) is 0.310. The maximum Gasteiger partial charge on any atom is 0.295 e. The second kappa shape index (κ2) is 9.37. The van der Waals surface area contributed by atoms with E-state index < -0.39 is 17.7 Å². The number of carbonyl (C=O) groups is 2. The summed E-state index contributed by atoms with van der Waals surface area (Å²) in [6, 6.07) is 16.0. The second-order valence-corrected chi connectivity index (χ2v) is 9.81.